The molecule has 7 heteroatoms. The molecular weight excluding hydrogens is 252 g/mol. The first-order valence-electron chi connectivity index (χ1n) is 4.80. The highest BCUT2D eigenvalue weighted by molar-refractivity contribution is 5.62. The van der Waals surface area contributed by atoms with E-state index in [0.717, 1.165) is 0 Å². The lowest BCUT2D eigenvalue weighted by atomic mass is 10.0. The van der Waals surface area contributed by atoms with E-state index >= 15 is 0 Å². The molecule has 0 fully saturated rings. The number of hydrogen-bond acceptors (Lipinski definition) is 5. The van der Waals surface area contributed by atoms with Crippen LogP contribution in [0.4, 0.5) is 11.5 Å². The third-order valence-corrected chi connectivity index (χ3v) is 2.48. The summed E-state index contributed by atoms with van der Waals surface area (Å²) in [7, 11) is 3.26. The van der Waals surface area contributed by atoms with E-state index in [9.17, 15) is 0 Å². The number of halogens is 1. The summed E-state index contributed by atoms with van der Waals surface area (Å²) in [5.74, 6) is -0.649. The molecule has 1 rings (SSSR count). The van der Waals surface area contributed by atoms with Crippen molar-refractivity contribution in [2.75, 3.05) is 18.1 Å². The monoisotopic (exact) mass is 262 g/mol. The van der Waals surface area contributed by atoms with E-state index in [1.165, 1.54) is 4.57 Å². The average molecular weight is 263 g/mol. The third kappa shape index (κ3) is 2.43. The maximum Gasteiger partial charge on any atom is 0.274 e. The summed E-state index contributed by atoms with van der Waals surface area (Å²) in [6.07, 6.45) is 0. The predicted octanol–water partition coefficient (Wildman–Crippen LogP) is -2.86. The fourth-order valence-electron chi connectivity index (χ4n) is 1.57. The van der Waals surface area contributed by atoms with Crippen LogP contribution < -0.4 is 28.0 Å². The van der Waals surface area contributed by atoms with E-state index in [2.05, 4.69) is 5.32 Å². The summed E-state index contributed by atoms with van der Waals surface area (Å²) in [6, 6.07) is 7.27. The van der Waals surface area contributed by atoms with Gasteiger partial charge in [-0.1, -0.05) is 0 Å². The highest BCUT2D eigenvalue weighted by atomic mass is 35.5. The second kappa shape index (κ2) is 6.30. The van der Waals surface area contributed by atoms with Crippen LogP contribution in [-0.2, 0) is 7.05 Å². The van der Waals surface area contributed by atoms with Crippen molar-refractivity contribution in [3.63, 3.8) is 0 Å². The molecule has 0 unspecified atom stereocenters. The van der Waals surface area contributed by atoms with Crippen LogP contribution in [-0.4, -0.2) is 7.05 Å². The highest BCUT2D eigenvalue weighted by Crippen LogP contribution is 2.23. The molecule has 0 saturated heterocycles. The molecule has 3 N–H and O–H groups in total. The van der Waals surface area contributed by atoms with E-state index in [4.69, 9.17) is 21.5 Å². The van der Waals surface area contributed by atoms with Crippen molar-refractivity contribution in [1.82, 2.24) is 0 Å². The summed E-state index contributed by atoms with van der Waals surface area (Å²) < 4.78 is 1.48. The number of nitrogen functional groups attached to an aromatic ring is 1. The fourth-order valence-corrected chi connectivity index (χ4v) is 1.57. The van der Waals surface area contributed by atoms with Crippen LogP contribution in [0.1, 0.15) is 17.2 Å². The molecule has 0 aromatic carbocycles. The SMILES string of the molecule is CNc1cc(N)[n+](C)c(C(C#N)C#N)c1C#N.[Cl-]. The molecule has 0 atom stereocenters. The zero-order valence-corrected chi connectivity index (χ0v) is 10.7. The van der Waals surface area contributed by atoms with E-state index in [0.29, 0.717) is 17.2 Å². The van der Waals surface area contributed by atoms with Gasteiger partial charge in [0.2, 0.25) is 0 Å². The number of rotatable bonds is 2. The van der Waals surface area contributed by atoms with Crippen LogP contribution in [0, 0.1) is 34.0 Å². The molecule has 1 aromatic heterocycles. The Morgan fingerprint density at radius 3 is 2.28 bits per heavy atom. The number of nitrogens with zero attached hydrogens (tertiary/aromatic N) is 4. The predicted molar refractivity (Wildman–Crippen MR) is 60.3 cm³/mol. The molecule has 92 valence electrons. The van der Waals surface area contributed by atoms with Crippen molar-refractivity contribution in [3.8, 4) is 18.2 Å². The molecule has 18 heavy (non-hydrogen) atoms. The summed E-state index contributed by atoms with van der Waals surface area (Å²) in [4.78, 5) is 0. The first-order chi connectivity index (χ1) is 8.10. The number of hydrogen-bond donors (Lipinski definition) is 2. The Balaban J connectivity index is 0.00000289. The van der Waals surface area contributed by atoms with Gasteiger partial charge in [-0.2, -0.15) is 15.8 Å². The van der Waals surface area contributed by atoms with Crippen molar-refractivity contribution in [1.29, 1.82) is 15.8 Å². The molecule has 0 radical (unpaired) electrons. The number of nitrogens with one attached hydrogen (secondary N) is 1. The molecule has 0 spiro atoms. The zero-order chi connectivity index (χ0) is 13.0. The van der Waals surface area contributed by atoms with Gasteiger partial charge in [-0.15, -0.1) is 0 Å². The molecule has 0 aliphatic carbocycles. The quantitative estimate of drug-likeness (QED) is 0.557. The number of nitrogens with two attached hydrogens (primary N) is 1. The van der Waals surface area contributed by atoms with Crippen molar-refractivity contribution in [3.05, 3.63) is 17.3 Å². The molecular formula is C11H11ClN6. The Kier molecular flexibility index (Phi) is 5.42. The molecule has 0 aliphatic rings. The van der Waals surface area contributed by atoms with Crippen LogP contribution in [0.5, 0.6) is 0 Å². The molecule has 0 aliphatic heterocycles. The van der Waals surface area contributed by atoms with Crippen molar-refractivity contribution in [2.24, 2.45) is 7.05 Å². The van der Waals surface area contributed by atoms with Crippen molar-refractivity contribution >= 4 is 11.5 Å². The fraction of sp³-hybridized carbons (Fsp3) is 0.273. The maximum absolute atomic E-state index is 9.12. The van der Waals surface area contributed by atoms with Crippen LogP contribution in [0.3, 0.4) is 0 Å². The number of anilines is 2. The number of nitriles is 3. The first-order valence-corrected chi connectivity index (χ1v) is 4.80. The van der Waals surface area contributed by atoms with Crippen molar-refractivity contribution in [2.45, 2.75) is 5.92 Å². The molecule has 1 aromatic rings. The van der Waals surface area contributed by atoms with Gasteiger partial charge in [0.15, 0.2) is 11.6 Å². The van der Waals surface area contributed by atoms with E-state index in [1.807, 2.05) is 18.2 Å². The van der Waals surface area contributed by atoms with Gasteiger partial charge in [0.05, 0.1) is 30.9 Å². The van der Waals surface area contributed by atoms with E-state index in [1.54, 1.807) is 20.2 Å². The minimum atomic E-state index is -1.02. The third-order valence-electron chi connectivity index (χ3n) is 2.48. The maximum atomic E-state index is 9.12. The molecule has 0 bridgehead atoms. The van der Waals surface area contributed by atoms with Gasteiger partial charge in [-0.3, -0.25) is 5.73 Å². The normalized spacial score (nSPS) is 8.67. The van der Waals surface area contributed by atoms with Gasteiger partial charge in [0.25, 0.3) is 5.82 Å². The van der Waals surface area contributed by atoms with Gasteiger partial charge in [0.1, 0.15) is 11.6 Å². The van der Waals surface area contributed by atoms with Gasteiger partial charge < -0.3 is 17.7 Å². The Morgan fingerprint density at radius 2 is 1.89 bits per heavy atom. The minimum Gasteiger partial charge on any atom is -1.00 e. The van der Waals surface area contributed by atoms with E-state index < -0.39 is 5.92 Å². The largest absolute Gasteiger partial charge is 1.00 e. The molecule has 6 nitrogen and oxygen atoms in total. The lowest BCUT2D eigenvalue weighted by Crippen LogP contribution is -3.00. The zero-order valence-electron chi connectivity index (χ0n) is 9.90. The Hall–Kier alpha value is -2.49. The Morgan fingerprint density at radius 1 is 1.33 bits per heavy atom. The number of pyridine rings is 1. The van der Waals surface area contributed by atoms with Crippen LogP contribution in [0.15, 0.2) is 6.07 Å². The topological polar surface area (TPSA) is 113 Å². The Bertz CT molecular complexity index is 561. The molecule has 1 heterocycles. The van der Waals surface area contributed by atoms with Gasteiger partial charge >= 0.3 is 0 Å². The van der Waals surface area contributed by atoms with E-state index in [-0.39, 0.29) is 18.0 Å². The van der Waals surface area contributed by atoms with Crippen molar-refractivity contribution < 1.29 is 17.0 Å². The lowest BCUT2D eigenvalue weighted by Gasteiger charge is -2.11. The Labute approximate surface area is 111 Å². The van der Waals surface area contributed by atoms with Gasteiger partial charge in [-0.25, -0.2) is 4.57 Å². The second-order valence-electron chi connectivity index (χ2n) is 3.36. The molecule has 0 amide bonds. The summed E-state index contributed by atoms with van der Waals surface area (Å²) in [6.45, 7) is 0. The van der Waals surface area contributed by atoms with Crippen LogP contribution >= 0.6 is 0 Å². The van der Waals surface area contributed by atoms with Crippen LogP contribution in [0.2, 0.25) is 0 Å². The second-order valence-corrected chi connectivity index (χ2v) is 3.36. The minimum absolute atomic E-state index is 0. The van der Waals surface area contributed by atoms with Gasteiger partial charge in [-0.05, 0) is 0 Å². The average Bonchev–Trinajstić information content (AvgIpc) is 2.35. The van der Waals surface area contributed by atoms with Gasteiger partial charge in [0, 0.05) is 7.05 Å². The summed E-state index contributed by atoms with van der Waals surface area (Å²) >= 11 is 0. The lowest BCUT2D eigenvalue weighted by molar-refractivity contribution is -0.664. The highest BCUT2D eigenvalue weighted by Gasteiger charge is 2.25. The summed E-state index contributed by atoms with van der Waals surface area (Å²) in [5, 5.41) is 29.8. The molecule has 0 saturated carbocycles. The number of aromatic nitrogens is 1. The van der Waals surface area contributed by atoms with Crippen LogP contribution in [0.25, 0.3) is 0 Å². The first kappa shape index (κ1) is 15.5. The summed E-state index contributed by atoms with van der Waals surface area (Å²) in [5.41, 5.74) is 6.84. The standard InChI is InChI=1S/C11H10N6.ClH/c1-16-9-3-10(15)17(2)11(8(9)6-14)7(4-12)5-13;/h3,7H,1-2H3,(H2,15,16);1H. The smallest absolute Gasteiger partial charge is 0.274 e.